The number of nitrogens with zero attached hydrogens (tertiary/aromatic N) is 3. The van der Waals surface area contributed by atoms with Crippen LogP contribution in [0.15, 0.2) is 100 Å². The number of nitrogens with two attached hydrogens (primary N) is 2. The van der Waals surface area contributed by atoms with Crippen LogP contribution < -0.4 is 43.9 Å². The van der Waals surface area contributed by atoms with Crippen LogP contribution in [0.25, 0.3) is 22.0 Å². The topological polar surface area (TPSA) is 220 Å². The Morgan fingerprint density at radius 1 is 0.883 bits per heavy atom. The number of rotatable bonds is 11. The van der Waals surface area contributed by atoms with Gasteiger partial charge in [-0.3, -0.25) is 19.8 Å². The number of para-hydroxylation sites is 1. The standard InChI is InChI=1S/C43H51ClN12O3S/c1-56-37(22-29-24-48-34-13-3-2-12-31(29)34)41(58)50-25-32-30(26-9-6-10-27(21-26)39-52-54-55-53-39)16-17-33(44)38(32)60-42-28(11-8-20-47-42)23-49-35(15-7-19-46)40(57)51-36(43(56)59)14-4-5-18-45/h2-3,6,8-13,16-17,20-21,24,35-37,48-49,54-55H,4-5,7,14-15,18-19,22-23,25,45-46H2,1H3,(H,50,58)(H,51,57)(H,52,53)/t35-,36-,37-/m0/s1. The minimum absolute atomic E-state index is 0.0776. The molecule has 3 atom stereocenters. The average Bonchev–Trinajstić information content (AvgIpc) is 3.96. The highest BCUT2D eigenvalue weighted by Gasteiger charge is 2.34. The summed E-state index contributed by atoms with van der Waals surface area (Å²) < 4.78 is 0. The Bertz CT molecular complexity index is 2360. The predicted molar refractivity (Wildman–Crippen MR) is 235 cm³/mol. The largest absolute Gasteiger partial charge is 0.361 e. The second kappa shape index (κ2) is 20.2. The fraction of sp³-hybridized carbons (Fsp3) is 0.326. The second-order valence-electron chi connectivity index (χ2n) is 14.8. The normalized spacial score (nSPS) is 19.1. The summed E-state index contributed by atoms with van der Waals surface area (Å²) in [7, 11) is 1.63. The Labute approximate surface area is 358 Å². The van der Waals surface area contributed by atoms with Crippen molar-refractivity contribution < 1.29 is 14.4 Å². The summed E-state index contributed by atoms with van der Waals surface area (Å²) in [5.74, 6) is -0.453. The Morgan fingerprint density at radius 2 is 1.70 bits per heavy atom. The molecule has 314 valence electrons. The number of hydrazone groups is 1. The van der Waals surface area contributed by atoms with Gasteiger partial charge in [0.25, 0.3) is 0 Å². The summed E-state index contributed by atoms with van der Waals surface area (Å²) in [6.45, 7) is 1.22. The van der Waals surface area contributed by atoms with Crippen molar-refractivity contribution in [2.24, 2.45) is 16.6 Å². The number of nitrogens with one attached hydrogen (secondary N) is 7. The van der Waals surface area contributed by atoms with Crippen molar-refractivity contribution >= 4 is 57.8 Å². The molecule has 4 heterocycles. The number of unbranched alkanes of at least 4 members (excludes halogenated alkanes) is 1. The predicted octanol–water partition coefficient (Wildman–Crippen LogP) is 3.82. The summed E-state index contributed by atoms with van der Waals surface area (Å²) in [5, 5.41) is 16.1. The molecule has 5 aromatic rings. The highest BCUT2D eigenvalue weighted by Crippen LogP contribution is 2.41. The number of aromatic nitrogens is 2. The third kappa shape index (κ3) is 9.92. The molecule has 0 saturated heterocycles. The summed E-state index contributed by atoms with van der Waals surface area (Å²) >= 11 is 8.49. The first-order valence-corrected chi connectivity index (χ1v) is 21.4. The number of H-pyrrole nitrogens is 1. The fourth-order valence-corrected chi connectivity index (χ4v) is 8.92. The molecule has 0 aliphatic carbocycles. The van der Waals surface area contributed by atoms with Crippen LogP contribution in [0, 0.1) is 0 Å². The van der Waals surface area contributed by atoms with Gasteiger partial charge in [0.1, 0.15) is 17.1 Å². The maximum atomic E-state index is 14.8. The number of amidine groups is 1. The van der Waals surface area contributed by atoms with E-state index in [1.165, 1.54) is 16.7 Å². The van der Waals surface area contributed by atoms with Gasteiger partial charge in [0.2, 0.25) is 17.7 Å². The van der Waals surface area contributed by atoms with E-state index in [1.807, 2.05) is 79.0 Å². The number of aromatic amines is 1. The molecular formula is C43H51ClN12O3S. The molecule has 2 aromatic heterocycles. The highest BCUT2D eigenvalue weighted by atomic mass is 35.5. The van der Waals surface area contributed by atoms with Crippen molar-refractivity contribution in [3.63, 3.8) is 0 Å². The van der Waals surface area contributed by atoms with Crippen molar-refractivity contribution in [2.75, 3.05) is 20.1 Å². The molecule has 2 aliphatic rings. The lowest BCUT2D eigenvalue weighted by Gasteiger charge is -2.32. The first kappa shape index (κ1) is 42.6. The molecule has 7 rings (SSSR count). The maximum Gasteiger partial charge on any atom is 0.245 e. The van der Waals surface area contributed by atoms with Crippen molar-refractivity contribution in [1.82, 2.24) is 47.3 Å². The zero-order chi connectivity index (χ0) is 42.0. The number of carbonyl (C=O) groups excluding carboxylic acids is 3. The number of hydrogen-bond donors (Lipinski definition) is 9. The van der Waals surface area contributed by atoms with E-state index >= 15 is 0 Å². The zero-order valence-corrected chi connectivity index (χ0v) is 35.0. The van der Waals surface area contributed by atoms with Crippen LogP contribution in [0.2, 0.25) is 5.02 Å². The van der Waals surface area contributed by atoms with Gasteiger partial charge in [-0.25, -0.2) is 10.5 Å². The molecule has 0 unspecified atom stereocenters. The number of fused-ring (bicyclic) bond motifs is 3. The third-order valence-electron chi connectivity index (χ3n) is 10.9. The fourth-order valence-electron chi connectivity index (χ4n) is 7.58. The molecule has 60 heavy (non-hydrogen) atoms. The molecule has 0 bridgehead atoms. The van der Waals surface area contributed by atoms with E-state index < -0.39 is 18.1 Å². The van der Waals surface area contributed by atoms with Crippen LogP contribution in [-0.4, -0.2) is 76.7 Å². The molecular weight excluding hydrogens is 800 g/mol. The monoisotopic (exact) mass is 850 g/mol. The van der Waals surface area contributed by atoms with Crippen LogP contribution in [0.3, 0.4) is 0 Å². The second-order valence-corrected chi connectivity index (χ2v) is 16.2. The Hall–Kier alpha value is -5.49. The summed E-state index contributed by atoms with van der Waals surface area (Å²) in [6, 6.07) is 20.8. The van der Waals surface area contributed by atoms with Crippen molar-refractivity contribution in [2.45, 2.75) is 79.7 Å². The van der Waals surface area contributed by atoms with Crippen LogP contribution in [0.1, 0.15) is 54.4 Å². The lowest BCUT2D eigenvalue weighted by atomic mass is 9.97. The zero-order valence-electron chi connectivity index (χ0n) is 33.4. The maximum absolute atomic E-state index is 14.8. The molecule has 15 nitrogen and oxygen atoms in total. The Morgan fingerprint density at radius 3 is 2.52 bits per heavy atom. The van der Waals surface area contributed by atoms with Crippen molar-refractivity contribution in [1.29, 1.82) is 0 Å². The van der Waals surface area contributed by atoms with E-state index in [0.29, 0.717) is 72.5 Å². The van der Waals surface area contributed by atoms with Gasteiger partial charge in [-0.1, -0.05) is 71.9 Å². The minimum atomic E-state index is -0.955. The number of carbonyl (C=O) groups is 3. The van der Waals surface area contributed by atoms with Gasteiger partial charge in [0.15, 0.2) is 5.84 Å². The number of halogens is 1. The van der Waals surface area contributed by atoms with E-state index in [-0.39, 0.29) is 30.7 Å². The average molecular weight is 851 g/mol. The SMILES string of the molecule is CN1C(=O)[C@H](CCCCN)NC(=O)[C@H](CCCN)NCc2cccnc2Sc2c(Cl)ccc(-c3cccc(C4=NNNN4)c3)c2CNC(=O)[C@@H]1Cc1c[nH]c2ccccc12. The quantitative estimate of drug-likeness (QED) is 0.0871. The highest BCUT2D eigenvalue weighted by molar-refractivity contribution is 7.99. The van der Waals surface area contributed by atoms with E-state index in [1.54, 1.807) is 13.2 Å². The Kier molecular flexibility index (Phi) is 14.3. The number of pyridine rings is 1. The van der Waals surface area contributed by atoms with Gasteiger partial charge in [0, 0.05) is 60.3 Å². The van der Waals surface area contributed by atoms with Crippen LogP contribution in [0.4, 0.5) is 0 Å². The number of hydrogen-bond acceptors (Lipinski definition) is 12. The van der Waals surface area contributed by atoms with Crippen LogP contribution in [0.5, 0.6) is 0 Å². The van der Waals surface area contributed by atoms with E-state index in [2.05, 4.69) is 42.5 Å². The van der Waals surface area contributed by atoms with E-state index in [0.717, 1.165) is 44.3 Å². The molecule has 17 heteroatoms. The lowest BCUT2D eigenvalue weighted by molar-refractivity contribution is -0.142. The molecule has 3 aromatic carbocycles. The van der Waals surface area contributed by atoms with E-state index in [9.17, 15) is 14.4 Å². The van der Waals surface area contributed by atoms with Gasteiger partial charge in [-0.2, -0.15) is 0 Å². The number of benzene rings is 3. The molecule has 3 amide bonds. The first-order chi connectivity index (χ1) is 29.2. The van der Waals surface area contributed by atoms with Crippen LogP contribution >= 0.6 is 23.4 Å². The molecule has 2 aliphatic heterocycles. The van der Waals surface area contributed by atoms with Gasteiger partial charge in [-0.15, -0.1) is 10.6 Å². The van der Waals surface area contributed by atoms with Gasteiger partial charge < -0.3 is 37.3 Å². The molecule has 0 saturated carbocycles. The van der Waals surface area contributed by atoms with Gasteiger partial charge in [0.05, 0.1) is 11.1 Å². The first-order valence-electron chi connectivity index (χ1n) is 20.2. The number of hydrazine groups is 2. The Balaban J connectivity index is 1.34. The smallest absolute Gasteiger partial charge is 0.245 e. The number of amides is 3. The molecule has 11 N–H and O–H groups in total. The third-order valence-corrected chi connectivity index (χ3v) is 12.5. The summed E-state index contributed by atoms with van der Waals surface area (Å²) in [6.07, 6.45) is 6.47. The molecule has 0 spiro atoms. The van der Waals surface area contributed by atoms with Crippen LogP contribution in [-0.2, 0) is 33.9 Å². The molecule has 0 radical (unpaired) electrons. The van der Waals surface area contributed by atoms with Crippen molar-refractivity contribution in [3.05, 3.63) is 112 Å². The molecule has 0 fully saturated rings. The van der Waals surface area contributed by atoms with Gasteiger partial charge in [-0.05, 0) is 97.3 Å². The number of likely N-dealkylation sites (N-methyl/N-ethyl adjacent to an activating group) is 1. The van der Waals surface area contributed by atoms with E-state index in [4.69, 9.17) is 28.1 Å². The lowest BCUT2D eigenvalue weighted by Crippen LogP contribution is -2.57. The minimum Gasteiger partial charge on any atom is -0.361 e. The summed E-state index contributed by atoms with van der Waals surface area (Å²) in [4.78, 5) is 53.9. The summed E-state index contributed by atoms with van der Waals surface area (Å²) in [5.41, 5.74) is 26.2. The van der Waals surface area contributed by atoms with Gasteiger partial charge >= 0.3 is 0 Å². The van der Waals surface area contributed by atoms with Crippen molar-refractivity contribution in [3.8, 4) is 11.1 Å².